The standard InChI is InChI=1S/C17H18BrN3OS2/c18-14-7-6-13(24-14)16-15(12-5-1-2-8-19-12)20-17(23)21(16)10-11-4-3-9-22-11/h1-2,5-8,11,15-16H,3-4,9-10H2,(H,20,23)/t11-,15-,16+/m0/s1. The Bertz CT molecular complexity index is 718. The summed E-state index contributed by atoms with van der Waals surface area (Å²) in [4.78, 5) is 8.12. The van der Waals surface area contributed by atoms with Crippen LogP contribution in [0.25, 0.3) is 0 Å². The lowest BCUT2D eigenvalue weighted by atomic mass is 10.0. The Morgan fingerprint density at radius 2 is 2.29 bits per heavy atom. The molecule has 2 saturated heterocycles. The van der Waals surface area contributed by atoms with Gasteiger partial charge >= 0.3 is 0 Å². The monoisotopic (exact) mass is 423 g/mol. The molecule has 0 saturated carbocycles. The molecule has 2 fully saturated rings. The average molecular weight is 424 g/mol. The minimum absolute atomic E-state index is 0.0608. The van der Waals surface area contributed by atoms with E-state index in [1.165, 1.54) is 4.88 Å². The molecule has 0 aliphatic carbocycles. The van der Waals surface area contributed by atoms with E-state index in [1.54, 1.807) is 11.3 Å². The van der Waals surface area contributed by atoms with Crippen LogP contribution in [-0.4, -0.2) is 34.3 Å². The molecule has 2 aromatic rings. The number of ether oxygens (including phenoxy) is 1. The van der Waals surface area contributed by atoms with Gasteiger partial charge in [-0.15, -0.1) is 11.3 Å². The van der Waals surface area contributed by atoms with Gasteiger partial charge < -0.3 is 15.0 Å². The van der Waals surface area contributed by atoms with Gasteiger partial charge in [0.25, 0.3) is 0 Å². The number of nitrogens with zero attached hydrogens (tertiary/aromatic N) is 2. The number of hydrogen-bond donors (Lipinski definition) is 1. The third-order valence-electron chi connectivity index (χ3n) is 4.51. The van der Waals surface area contributed by atoms with Crippen LogP contribution in [0.5, 0.6) is 0 Å². The van der Waals surface area contributed by atoms with E-state index in [0.29, 0.717) is 0 Å². The van der Waals surface area contributed by atoms with E-state index < -0.39 is 0 Å². The van der Waals surface area contributed by atoms with Gasteiger partial charge in [0, 0.05) is 24.2 Å². The molecule has 2 aliphatic heterocycles. The highest BCUT2D eigenvalue weighted by molar-refractivity contribution is 9.11. The van der Waals surface area contributed by atoms with E-state index in [1.807, 2.05) is 18.3 Å². The van der Waals surface area contributed by atoms with Gasteiger partial charge in [0.2, 0.25) is 0 Å². The minimum Gasteiger partial charge on any atom is -0.376 e. The van der Waals surface area contributed by atoms with Crippen LogP contribution in [0.1, 0.15) is 35.5 Å². The average Bonchev–Trinajstić information content (AvgIpc) is 3.31. The zero-order chi connectivity index (χ0) is 16.5. The van der Waals surface area contributed by atoms with Gasteiger partial charge in [-0.3, -0.25) is 4.98 Å². The number of halogens is 1. The first kappa shape index (κ1) is 16.4. The zero-order valence-corrected chi connectivity index (χ0v) is 16.2. The second kappa shape index (κ2) is 7.07. The van der Waals surface area contributed by atoms with Gasteiger partial charge in [0.05, 0.1) is 27.7 Å². The lowest BCUT2D eigenvalue weighted by Gasteiger charge is -2.28. The first-order valence-electron chi connectivity index (χ1n) is 8.07. The second-order valence-electron chi connectivity index (χ2n) is 6.06. The van der Waals surface area contributed by atoms with Crippen molar-refractivity contribution in [1.82, 2.24) is 15.2 Å². The summed E-state index contributed by atoms with van der Waals surface area (Å²) < 4.78 is 6.97. The molecule has 24 heavy (non-hydrogen) atoms. The van der Waals surface area contributed by atoms with Crippen LogP contribution in [0.4, 0.5) is 0 Å². The second-order valence-corrected chi connectivity index (χ2v) is 8.94. The fraction of sp³-hybridized carbons (Fsp3) is 0.412. The molecular formula is C17H18BrN3OS2. The first-order valence-corrected chi connectivity index (χ1v) is 10.1. The van der Waals surface area contributed by atoms with Crippen LogP contribution in [0, 0.1) is 0 Å². The molecule has 3 atom stereocenters. The Balaban J connectivity index is 1.67. The first-order chi connectivity index (χ1) is 11.7. The molecule has 1 N–H and O–H groups in total. The van der Waals surface area contributed by atoms with Gasteiger partial charge in [0.15, 0.2) is 5.11 Å². The Morgan fingerprint density at radius 1 is 1.38 bits per heavy atom. The molecule has 2 aliphatic rings. The summed E-state index contributed by atoms with van der Waals surface area (Å²) in [6, 6.07) is 10.5. The third kappa shape index (κ3) is 3.22. The maximum Gasteiger partial charge on any atom is 0.170 e. The Labute approximate surface area is 159 Å². The maximum absolute atomic E-state index is 5.84. The van der Waals surface area contributed by atoms with Gasteiger partial charge in [-0.05, 0) is 65.3 Å². The number of hydrogen-bond acceptors (Lipinski definition) is 4. The Kier molecular flexibility index (Phi) is 4.85. The molecule has 4 rings (SSSR count). The molecule has 7 heteroatoms. The van der Waals surface area contributed by atoms with E-state index in [0.717, 1.165) is 40.6 Å². The summed E-state index contributed by atoms with van der Waals surface area (Å²) in [5.74, 6) is 0. The molecule has 0 aromatic carbocycles. The highest BCUT2D eigenvalue weighted by Gasteiger charge is 2.41. The predicted molar refractivity (Wildman–Crippen MR) is 103 cm³/mol. The van der Waals surface area contributed by atoms with Crippen LogP contribution >= 0.6 is 39.5 Å². The molecule has 126 valence electrons. The van der Waals surface area contributed by atoms with Gasteiger partial charge in [0.1, 0.15) is 0 Å². The summed E-state index contributed by atoms with van der Waals surface area (Å²) in [7, 11) is 0. The third-order valence-corrected chi connectivity index (χ3v) is 6.55. The SMILES string of the molecule is S=C1N[C@@H](c2ccccn2)[C@@H](c2ccc(Br)s2)N1C[C@@H]1CCCO1. The van der Waals surface area contributed by atoms with Crippen LogP contribution in [-0.2, 0) is 4.74 Å². The predicted octanol–water partition coefficient (Wildman–Crippen LogP) is 4.06. The van der Waals surface area contributed by atoms with Crippen molar-refractivity contribution in [3.8, 4) is 0 Å². The maximum atomic E-state index is 5.84. The zero-order valence-electron chi connectivity index (χ0n) is 13.0. The number of rotatable bonds is 4. The summed E-state index contributed by atoms with van der Waals surface area (Å²) in [5.41, 5.74) is 1.02. The summed E-state index contributed by atoms with van der Waals surface area (Å²) in [6.45, 7) is 1.69. The molecule has 0 spiro atoms. The Morgan fingerprint density at radius 3 is 2.96 bits per heavy atom. The summed E-state index contributed by atoms with van der Waals surface area (Å²) in [5, 5.41) is 4.27. The smallest absolute Gasteiger partial charge is 0.170 e. The topological polar surface area (TPSA) is 37.4 Å². The normalized spacial score (nSPS) is 26.8. The molecule has 0 radical (unpaired) electrons. The van der Waals surface area contributed by atoms with Gasteiger partial charge in [-0.2, -0.15) is 0 Å². The van der Waals surface area contributed by atoms with Crippen molar-refractivity contribution in [2.45, 2.75) is 31.0 Å². The largest absolute Gasteiger partial charge is 0.376 e. The minimum atomic E-state index is 0.0608. The fourth-order valence-electron chi connectivity index (χ4n) is 3.41. The number of aromatic nitrogens is 1. The van der Waals surface area contributed by atoms with Crippen molar-refractivity contribution < 1.29 is 4.74 Å². The lowest BCUT2D eigenvalue weighted by Crippen LogP contribution is -2.36. The van der Waals surface area contributed by atoms with E-state index in [9.17, 15) is 0 Å². The van der Waals surface area contributed by atoms with Crippen molar-refractivity contribution in [3.05, 3.63) is 50.9 Å². The van der Waals surface area contributed by atoms with Crippen LogP contribution in [0.3, 0.4) is 0 Å². The Hall–Kier alpha value is -1.02. The molecule has 4 heterocycles. The highest BCUT2D eigenvalue weighted by Crippen LogP contribution is 2.42. The molecule has 2 aromatic heterocycles. The number of thiocarbonyl (C=S) groups is 1. The molecular weight excluding hydrogens is 406 g/mol. The number of nitrogens with one attached hydrogen (secondary N) is 1. The number of pyridine rings is 1. The van der Waals surface area contributed by atoms with E-state index >= 15 is 0 Å². The van der Waals surface area contributed by atoms with Crippen LogP contribution < -0.4 is 5.32 Å². The van der Waals surface area contributed by atoms with Crippen molar-refractivity contribution >= 4 is 44.6 Å². The number of thiophene rings is 1. The summed E-state index contributed by atoms with van der Waals surface area (Å²) in [6.07, 6.45) is 4.34. The molecule has 0 bridgehead atoms. The van der Waals surface area contributed by atoms with E-state index in [4.69, 9.17) is 17.0 Å². The van der Waals surface area contributed by atoms with Crippen LogP contribution in [0.2, 0.25) is 0 Å². The van der Waals surface area contributed by atoms with Gasteiger partial charge in [-0.25, -0.2) is 0 Å². The molecule has 0 amide bonds. The van der Waals surface area contributed by atoms with Crippen molar-refractivity contribution in [3.63, 3.8) is 0 Å². The lowest BCUT2D eigenvalue weighted by molar-refractivity contribution is 0.0846. The van der Waals surface area contributed by atoms with E-state index in [-0.39, 0.29) is 18.2 Å². The highest BCUT2D eigenvalue weighted by atomic mass is 79.9. The quantitative estimate of drug-likeness (QED) is 0.750. The van der Waals surface area contributed by atoms with Crippen LogP contribution in [0.15, 0.2) is 40.3 Å². The van der Waals surface area contributed by atoms with E-state index in [2.05, 4.69) is 49.3 Å². The molecule has 0 unspecified atom stereocenters. The molecule has 4 nitrogen and oxygen atoms in total. The van der Waals surface area contributed by atoms with Crippen molar-refractivity contribution in [1.29, 1.82) is 0 Å². The van der Waals surface area contributed by atoms with Crippen molar-refractivity contribution in [2.24, 2.45) is 0 Å². The summed E-state index contributed by atoms with van der Waals surface area (Å²) >= 11 is 11.0. The fourth-order valence-corrected chi connectivity index (χ4v) is 5.30. The van der Waals surface area contributed by atoms with Gasteiger partial charge in [-0.1, -0.05) is 6.07 Å². The van der Waals surface area contributed by atoms with Crippen molar-refractivity contribution in [2.75, 3.05) is 13.2 Å².